The Labute approximate surface area is 153 Å². The van der Waals surface area contributed by atoms with Crippen molar-refractivity contribution in [3.8, 4) is 11.5 Å². The Bertz CT molecular complexity index is 700. The standard InChI is InChI=1S/C17H19F3N2O5/c1-2-25-14(23)9-13(17(18,19)20)21-15(24)22-8-7-16(10-22)26-11-5-3-4-6-12(11)27-16/h3-6,13H,2,7-10H2,1H3,(H,21,24). The Hall–Kier alpha value is -2.65. The highest BCUT2D eigenvalue weighted by molar-refractivity contribution is 5.77. The first kappa shape index (κ1) is 19.1. The van der Waals surface area contributed by atoms with Gasteiger partial charge < -0.3 is 24.4 Å². The second-order valence-corrected chi connectivity index (χ2v) is 6.29. The number of likely N-dealkylation sites (tertiary alicyclic amines) is 1. The quantitative estimate of drug-likeness (QED) is 0.802. The number of nitrogens with one attached hydrogen (secondary N) is 1. The maximum atomic E-state index is 13.2. The molecule has 148 valence electrons. The first-order valence-electron chi connectivity index (χ1n) is 8.47. The third kappa shape index (κ3) is 4.20. The zero-order valence-electron chi connectivity index (χ0n) is 14.5. The molecule has 10 heteroatoms. The minimum absolute atomic E-state index is 0.0303. The number of hydrogen-bond donors (Lipinski definition) is 1. The summed E-state index contributed by atoms with van der Waals surface area (Å²) in [5.41, 5.74) is 0. The molecule has 1 saturated heterocycles. The van der Waals surface area contributed by atoms with E-state index in [1.807, 2.05) is 5.32 Å². The third-order valence-electron chi connectivity index (χ3n) is 4.29. The lowest BCUT2D eigenvalue weighted by Crippen LogP contribution is -2.52. The number of urea groups is 1. The molecule has 1 unspecified atom stereocenters. The number of hydrogen-bond acceptors (Lipinski definition) is 5. The van der Waals surface area contributed by atoms with Gasteiger partial charge in [-0.2, -0.15) is 13.2 Å². The maximum Gasteiger partial charge on any atom is 0.409 e. The van der Waals surface area contributed by atoms with Crippen molar-refractivity contribution in [1.82, 2.24) is 10.2 Å². The number of nitrogens with zero attached hydrogens (tertiary/aromatic N) is 1. The molecule has 2 aliphatic heterocycles. The van der Waals surface area contributed by atoms with Gasteiger partial charge in [-0.05, 0) is 19.1 Å². The molecule has 1 aromatic carbocycles. The molecule has 0 aliphatic carbocycles. The van der Waals surface area contributed by atoms with Crippen molar-refractivity contribution in [1.29, 1.82) is 0 Å². The van der Waals surface area contributed by atoms with E-state index in [9.17, 15) is 22.8 Å². The Balaban J connectivity index is 1.62. The van der Waals surface area contributed by atoms with Crippen molar-refractivity contribution in [2.45, 2.75) is 37.8 Å². The second-order valence-electron chi connectivity index (χ2n) is 6.29. The summed E-state index contributed by atoms with van der Waals surface area (Å²) in [6.07, 6.45) is -5.46. The Morgan fingerprint density at radius 2 is 1.93 bits per heavy atom. The van der Waals surface area contributed by atoms with Gasteiger partial charge in [-0.25, -0.2) is 4.79 Å². The molecule has 1 aromatic rings. The molecule has 3 rings (SSSR count). The van der Waals surface area contributed by atoms with Crippen LogP contribution in [0.3, 0.4) is 0 Å². The molecule has 1 N–H and O–H groups in total. The average Bonchev–Trinajstić information content (AvgIpc) is 3.16. The molecule has 0 saturated carbocycles. The van der Waals surface area contributed by atoms with Crippen molar-refractivity contribution in [2.24, 2.45) is 0 Å². The highest BCUT2D eigenvalue weighted by Gasteiger charge is 2.50. The molecule has 0 aromatic heterocycles. The van der Waals surface area contributed by atoms with Crippen LogP contribution >= 0.6 is 0 Å². The van der Waals surface area contributed by atoms with E-state index in [1.165, 1.54) is 11.8 Å². The minimum atomic E-state index is -4.78. The van der Waals surface area contributed by atoms with Crippen LogP contribution in [0.4, 0.5) is 18.0 Å². The van der Waals surface area contributed by atoms with E-state index < -0.39 is 36.4 Å². The number of carbonyl (C=O) groups is 2. The summed E-state index contributed by atoms with van der Waals surface area (Å²) in [4.78, 5) is 24.9. The molecule has 27 heavy (non-hydrogen) atoms. The molecule has 0 radical (unpaired) electrons. The number of halogens is 3. The van der Waals surface area contributed by atoms with Crippen molar-refractivity contribution < 1.29 is 37.0 Å². The first-order valence-corrected chi connectivity index (χ1v) is 8.47. The number of ether oxygens (including phenoxy) is 3. The summed E-state index contributed by atoms with van der Waals surface area (Å²) in [6, 6.07) is 3.69. The van der Waals surface area contributed by atoms with Crippen LogP contribution < -0.4 is 14.8 Å². The zero-order chi connectivity index (χ0) is 19.7. The fraction of sp³-hybridized carbons (Fsp3) is 0.529. The van der Waals surface area contributed by atoms with Gasteiger partial charge in [-0.3, -0.25) is 4.79 Å². The second kappa shape index (κ2) is 7.16. The normalized spacial score (nSPS) is 18.4. The number of amides is 2. The van der Waals surface area contributed by atoms with Gasteiger partial charge in [0, 0.05) is 13.0 Å². The third-order valence-corrected chi connectivity index (χ3v) is 4.29. The topological polar surface area (TPSA) is 77.1 Å². The van der Waals surface area contributed by atoms with E-state index in [-0.39, 0.29) is 19.7 Å². The van der Waals surface area contributed by atoms with Crippen LogP contribution in [0.1, 0.15) is 19.8 Å². The van der Waals surface area contributed by atoms with Crippen LogP contribution in [0.5, 0.6) is 11.5 Å². The first-order chi connectivity index (χ1) is 12.7. The van der Waals surface area contributed by atoms with Gasteiger partial charge in [-0.1, -0.05) is 12.1 Å². The lowest BCUT2D eigenvalue weighted by Gasteiger charge is -2.26. The van der Waals surface area contributed by atoms with Crippen molar-refractivity contribution in [2.75, 3.05) is 19.7 Å². The summed E-state index contributed by atoms with van der Waals surface area (Å²) in [5.74, 6) is -1.09. The Morgan fingerprint density at radius 1 is 1.30 bits per heavy atom. The van der Waals surface area contributed by atoms with E-state index in [0.717, 1.165) is 0 Å². The Morgan fingerprint density at radius 3 is 2.48 bits per heavy atom. The van der Waals surface area contributed by atoms with E-state index in [4.69, 9.17) is 9.47 Å². The van der Waals surface area contributed by atoms with Gasteiger partial charge in [0.05, 0.1) is 19.6 Å². The molecule has 2 aliphatic rings. The molecule has 2 amide bonds. The van der Waals surface area contributed by atoms with E-state index in [2.05, 4.69) is 4.74 Å². The summed E-state index contributed by atoms with van der Waals surface area (Å²) in [6.45, 7) is 1.57. The number of rotatable bonds is 4. The van der Waals surface area contributed by atoms with E-state index >= 15 is 0 Å². The van der Waals surface area contributed by atoms with Crippen LogP contribution in [-0.4, -0.2) is 54.6 Å². The molecule has 1 fully saturated rings. The SMILES string of the molecule is CCOC(=O)CC(NC(=O)N1CCC2(C1)Oc1ccccc1O2)C(F)(F)F. The highest BCUT2D eigenvalue weighted by atomic mass is 19.4. The molecular formula is C17H19F3N2O5. The molecule has 1 spiro atoms. The van der Waals surface area contributed by atoms with Crippen LogP contribution in [0.2, 0.25) is 0 Å². The maximum absolute atomic E-state index is 13.2. The fourth-order valence-electron chi connectivity index (χ4n) is 3.01. The average molecular weight is 388 g/mol. The lowest BCUT2D eigenvalue weighted by atomic mass is 10.2. The van der Waals surface area contributed by atoms with Crippen LogP contribution in [0.15, 0.2) is 24.3 Å². The zero-order valence-corrected chi connectivity index (χ0v) is 14.5. The van der Waals surface area contributed by atoms with Crippen LogP contribution in [0, 0.1) is 0 Å². The van der Waals surface area contributed by atoms with Crippen molar-refractivity contribution >= 4 is 12.0 Å². The lowest BCUT2D eigenvalue weighted by molar-refractivity contribution is -0.168. The number of carbonyl (C=O) groups excluding carboxylic acids is 2. The van der Waals surface area contributed by atoms with E-state index in [0.29, 0.717) is 17.9 Å². The van der Waals surface area contributed by atoms with Gasteiger partial charge in [0.1, 0.15) is 6.04 Å². The predicted octanol–water partition coefficient (Wildman–Crippen LogP) is 2.45. The smallest absolute Gasteiger partial charge is 0.409 e. The largest absolute Gasteiger partial charge is 0.466 e. The summed E-state index contributed by atoms with van der Waals surface area (Å²) < 4.78 is 55.5. The van der Waals surface area contributed by atoms with Crippen molar-refractivity contribution in [3.63, 3.8) is 0 Å². The summed E-state index contributed by atoms with van der Waals surface area (Å²) in [5, 5.41) is 1.87. The molecular weight excluding hydrogens is 369 g/mol. The van der Waals surface area contributed by atoms with Crippen LogP contribution in [0.25, 0.3) is 0 Å². The van der Waals surface area contributed by atoms with Gasteiger partial charge in [0.15, 0.2) is 11.5 Å². The molecule has 7 nitrogen and oxygen atoms in total. The molecule has 1 atom stereocenters. The number of esters is 1. The number of para-hydroxylation sites is 2. The summed E-state index contributed by atoms with van der Waals surface area (Å²) >= 11 is 0. The molecule has 0 bridgehead atoms. The number of benzene rings is 1. The predicted molar refractivity (Wildman–Crippen MR) is 86.2 cm³/mol. The van der Waals surface area contributed by atoms with Crippen LogP contribution in [-0.2, 0) is 9.53 Å². The number of alkyl halides is 3. The van der Waals surface area contributed by atoms with E-state index in [1.54, 1.807) is 24.3 Å². The van der Waals surface area contributed by atoms with Gasteiger partial charge in [-0.15, -0.1) is 0 Å². The molecule has 2 heterocycles. The van der Waals surface area contributed by atoms with Gasteiger partial charge >= 0.3 is 18.2 Å². The summed E-state index contributed by atoms with van der Waals surface area (Å²) in [7, 11) is 0. The van der Waals surface area contributed by atoms with Gasteiger partial charge in [0.25, 0.3) is 5.79 Å². The minimum Gasteiger partial charge on any atom is -0.466 e. The van der Waals surface area contributed by atoms with Crippen molar-refractivity contribution in [3.05, 3.63) is 24.3 Å². The number of fused-ring (bicyclic) bond motifs is 1. The fourth-order valence-corrected chi connectivity index (χ4v) is 3.01. The highest BCUT2D eigenvalue weighted by Crippen LogP contribution is 2.42. The van der Waals surface area contributed by atoms with Gasteiger partial charge in [0.2, 0.25) is 0 Å². The Kier molecular flexibility index (Phi) is 5.07. The monoisotopic (exact) mass is 388 g/mol.